The van der Waals surface area contributed by atoms with Crippen LogP contribution in [0, 0.1) is 0 Å². The van der Waals surface area contributed by atoms with E-state index < -0.39 is 5.97 Å². The van der Waals surface area contributed by atoms with E-state index in [0.29, 0.717) is 17.1 Å². The van der Waals surface area contributed by atoms with E-state index in [2.05, 4.69) is 0 Å². The average Bonchev–Trinajstić information content (AvgIpc) is 2.60. The highest BCUT2D eigenvalue weighted by Crippen LogP contribution is 2.38. The van der Waals surface area contributed by atoms with Crippen LogP contribution in [0.3, 0.4) is 0 Å². The van der Waals surface area contributed by atoms with Crippen molar-refractivity contribution in [2.45, 2.75) is 13.3 Å². The Hall–Kier alpha value is -2.30. The summed E-state index contributed by atoms with van der Waals surface area (Å²) in [4.78, 5) is 22.2. The zero-order valence-corrected chi connectivity index (χ0v) is 8.98. The van der Waals surface area contributed by atoms with Gasteiger partial charge in [0.25, 0.3) is 0 Å². The monoisotopic (exact) mass is 232 g/mol. The van der Waals surface area contributed by atoms with E-state index >= 15 is 0 Å². The molecule has 5 nitrogen and oxygen atoms in total. The Kier molecular flexibility index (Phi) is 1.95. The van der Waals surface area contributed by atoms with Crippen LogP contribution >= 0.6 is 0 Å². The molecule has 0 N–H and O–H groups in total. The van der Waals surface area contributed by atoms with Gasteiger partial charge in [0, 0.05) is 24.6 Å². The van der Waals surface area contributed by atoms with E-state index in [1.165, 1.54) is 19.3 Å². The minimum atomic E-state index is -0.439. The number of carbonyl (C=O) groups excluding carboxylic acids is 2. The SMILES string of the molecule is CC(=O)Oc1cc2c3c(coc3c1)CC(=O)O2. The maximum absolute atomic E-state index is 11.3. The summed E-state index contributed by atoms with van der Waals surface area (Å²) in [5, 5.41) is 0.764. The average molecular weight is 232 g/mol. The summed E-state index contributed by atoms with van der Waals surface area (Å²) in [6.45, 7) is 1.30. The first-order valence-electron chi connectivity index (χ1n) is 5.07. The lowest BCUT2D eigenvalue weighted by Gasteiger charge is -2.12. The molecule has 17 heavy (non-hydrogen) atoms. The smallest absolute Gasteiger partial charge is 0.315 e. The van der Waals surface area contributed by atoms with E-state index in [-0.39, 0.29) is 12.4 Å². The highest BCUT2D eigenvalue weighted by Gasteiger charge is 2.23. The number of hydrogen-bond donors (Lipinski definition) is 0. The van der Waals surface area contributed by atoms with Crippen molar-refractivity contribution >= 4 is 22.9 Å². The number of hydrogen-bond acceptors (Lipinski definition) is 5. The lowest BCUT2D eigenvalue weighted by molar-refractivity contribution is -0.134. The molecule has 2 aromatic rings. The van der Waals surface area contributed by atoms with Crippen LogP contribution in [0.25, 0.3) is 11.0 Å². The summed E-state index contributed by atoms with van der Waals surface area (Å²) < 4.78 is 15.3. The molecule has 0 saturated heterocycles. The molecule has 5 heteroatoms. The molecular formula is C12H8O5. The standard InChI is InChI=1S/C12H8O5/c1-6(13)16-8-3-9-12-7(5-15-9)2-11(14)17-10(12)4-8/h3-5H,2H2,1H3. The minimum absolute atomic E-state index is 0.201. The van der Waals surface area contributed by atoms with Crippen molar-refractivity contribution in [3.8, 4) is 11.5 Å². The van der Waals surface area contributed by atoms with Crippen LogP contribution < -0.4 is 9.47 Å². The van der Waals surface area contributed by atoms with Crippen LogP contribution in [0.1, 0.15) is 12.5 Å². The third-order valence-corrected chi connectivity index (χ3v) is 2.51. The largest absolute Gasteiger partial charge is 0.464 e. The van der Waals surface area contributed by atoms with Crippen LogP contribution in [0.2, 0.25) is 0 Å². The van der Waals surface area contributed by atoms with E-state index in [1.54, 1.807) is 6.07 Å². The second-order valence-corrected chi connectivity index (χ2v) is 3.80. The predicted molar refractivity (Wildman–Crippen MR) is 56.9 cm³/mol. The highest BCUT2D eigenvalue weighted by molar-refractivity contribution is 5.97. The van der Waals surface area contributed by atoms with Gasteiger partial charge >= 0.3 is 11.9 Å². The molecular weight excluding hydrogens is 224 g/mol. The minimum Gasteiger partial charge on any atom is -0.464 e. The van der Waals surface area contributed by atoms with Crippen molar-refractivity contribution in [1.82, 2.24) is 0 Å². The molecule has 0 fully saturated rings. The van der Waals surface area contributed by atoms with Crippen molar-refractivity contribution in [2.75, 3.05) is 0 Å². The normalized spacial score (nSPS) is 13.6. The summed E-state index contributed by atoms with van der Waals surface area (Å²) in [6, 6.07) is 3.11. The molecule has 86 valence electrons. The Balaban J connectivity index is 2.20. The van der Waals surface area contributed by atoms with Crippen molar-refractivity contribution in [3.05, 3.63) is 24.0 Å². The third-order valence-electron chi connectivity index (χ3n) is 2.51. The summed E-state index contributed by atoms with van der Waals surface area (Å²) in [5.41, 5.74) is 1.34. The molecule has 2 heterocycles. The maximum Gasteiger partial charge on any atom is 0.315 e. The van der Waals surface area contributed by atoms with Gasteiger partial charge in [-0.25, -0.2) is 0 Å². The number of esters is 2. The zero-order valence-electron chi connectivity index (χ0n) is 8.98. The lowest BCUT2D eigenvalue weighted by Crippen LogP contribution is -2.15. The van der Waals surface area contributed by atoms with Gasteiger partial charge in [-0.05, 0) is 0 Å². The molecule has 0 bridgehead atoms. The molecule has 0 saturated carbocycles. The fourth-order valence-electron chi connectivity index (χ4n) is 1.92. The van der Waals surface area contributed by atoms with Crippen LogP contribution in [0.15, 0.2) is 22.8 Å². The molecule has 1 aliphatic rings. The Labute approximate surface area is 95.9 Å². The van der Waals surface area contributed by atoms with Gasteiger partial charge in [0.1, 0.15) is 17.1 Å². The molecule has 1 aromatic carbocycles. The van der Waals surface area contributed by atoms with Gasteiger partial charge in [0.2, 0.25) is 0 Å². The molecule has 0 amide bonds. The molecule has 0 radical (unpaired) electrons. The number of benzene rings is 1. The first-order chi connectivity index (χ1) is 8.13. The predicted octanol–water partition coefficient (Wildman–Crippen LogP) is 1.82. The van der Waals surface area contributed by atoms with Gasteiger partial charge in [-0.1, -0.05) is 0 Å². The van der Waals surface area contributed by atoms with Crippen molar-refractivity contribution < 1.29 is 23.5 Å². The van der Waals surface area contributed by atoms with E-state index in [0.717, 1.165) is 10.9 Å². The van der Waals surface area contributed by atoms with Crippen LogP contribution in [0.5, 0.6) is 11.5 Å². The number of furan rings is 1. The van der Waals surface area contributed by atoms with Gasteiger partial charge in [-0.15, -0.1) is 0 Å². The van der Waals surface area contributed by atoms with Crippen LogP contribution in [-0.2, 0) is 16.0 Å². The van der Waals surface area contributed by atoms with Crippen molar-refractivity contribution in [1.29, 1.82) is 0 Å². The second kappa shape index (κ2) is 3.35. The van der Waals surface area contributed by atoms with Gasteiger partial charge < -0.3 is 13.9 Å². The number of rotatable bonds is 1. The molecule has 0 unspecified atom stereocenters. The molecule has 0 spiro atoms. The molecule has 1 aliphatic heterocycles. The quantitative estimate of drug-likeness (QED) is 0.554. The summed E-state index contributed by atoms with van der Waals surface area (Å²) in [6.07, 6.45) is 1.72. The fourth-order valence-corrected chi connectivity index (χ4v) is 1.92. The summed E-state index contributed by atoms with van der Waals surface area (Å²) in [5.74, 6) is -0.111. The van der Waals surface area contributed by atoms with Crippen molar-refractivity contribution in [3.63, 3.8) is 0 Å². The Morgan fingerprint density at radius 1 is 1.41 bits per heavy atom. The topological polar surface area (TPSA) is 65.7 Å². The highest BCUT2D eigenvalue weighted by atomic mass is 16.5. The van der Waals surface area contributed by atoms with Crippen molar-refractivity contribution in [2.24, 2.45) is 0 Å². The third kappa shape index (κ3) is 1.56. The van der Waals surface area contributed by atoms with E-state index in [9.17, 15) is 9.59 Å². The molecule has 0 atom stereocenters. The number of ether oxygens (including phenoxy) is 2. The first kappa shape index (κ1) is 9.89. The zero-order chi connectivity index (χ0) is 12.0. The lowest BCUT2D eigenvalue weighted by atomic mass is 10.1. The van der Waals surface area contributed by atoms with Crippen LogP contribution in [-0.4, -0.2) is 11.9 Å². The van der Waals surface area contributed by atoms with E-state index in [1.807, 2.05) is 0 Å². The summed E-state index contributed by atoms with van der Waals surface area (Å²) >= 11 is 0. The Bertz CT molecular complexity index is 638. The van der Waals surface area contributed by atoms with Gasteiger partial charge in [0.05, 0.1) is 18.1 Å². The summed E-state index contributed by atoms with van der Waals surface area (Å²) in [7, 11) is 0. The van der Waals surface area contributed by atoms with Gasteiger partial charge in [0.15, 0.2) is 0 Å². The Morgan fingerprint density at radius 2 is 2.24 bits per heavy atom. The van der Waals surface area contributed by atoms with Crippen LogP contribution in [0.4, 0.5) is 0 Å². The first-order valence-corrected chi connectivity index (χ1v) is 5.07. The van der Waals surface area contributed by atoms with Gasteiger partial charge in [-0.3, -0.25) is 9.59 Å². The van der Waals surface area contributed by atoms with Gasteiger partial charge in [-0.2, -0.15) is 0 Å². The number of carbonyl (C=O) groups is 2. The van der Waals surface area contributed by atoms with E-state index in [4.69, 9.17) is 13.9 Å². The molecule has 1 aromatic heterocycles. The fraction of sp³-hybridized carbons (Fsp3) is 0.167. The molecule has 0 aliphatic carbocycles. The Morgan fingerprint density at radius 3 is 3.00 bits per heavy atom. The molecule has 3 rings (SSSR count). The maximum atomic E-state index is 11.3. The second-order valence-electron chi connectivity index (χ2n) is 3.80.